The van der Waals surface area contributed by atoms with E-state index in [1.807, 2.05) is 32.0 Å². The molecule has 2 heterocycles. The topological polar surface area (TPSA) is 63.7 Å². The largest absolute Gasteiger partial charge is 0.457 e. The molecular weight excluding hydrogens is 338 g/mol. The summed E-state index contributed by atoms with van der Waals surface area (Å²) in [7, 11) is 0. The number of amides is 1. The van der Waals surface area contributed by atoms with Crippen LogP contribution in [0.25, 0.3) is 0 Å². The minimum Gasteiger partial charge on any atom is -0.457 e. The number of rotatable bonds is 5. The van der Waals surface area contributed by atoms with Crippen molar-refractivity contribution in [3.05, 3.63) is 51.7 Å². The Labute approximate surface area is 150 Å². The summed E-state index contributed by atoms with van der Waals surface area (Å²) in [4.78, 5) is 38.6. The first kappa shape index (κ1) is 17.4. The fraction of sp³-hybridized carbons (Fsp3) is 0.316. The fourth-order valence-electron chi connectivity index (χ4n) is 2.97. The van der Waals surface area contributed by atoms with Gasteiger partial charge in [0.05, 0.1) is 10.8 Å². The van der Waals surface area contributed by atoms with Gasteiger partial charge < -0.3 is 9.64 Å². The number of benzene rings is 1. The zero-order valence-electron chi connectivity index (χ0n) is 14.2. The highest BCUT2D eigenvalue weighted by molar-refractivity contribution is 7.12. The Kier molecular flexibility index (Phi) is 4.99. The second kappa shape index (κ2) is 7.19. The molecule has 5 nitrogen and oxygen atoms in total. The predicted octanol–water partition coefficient (Wildman–Crippen LogP) is 3.14. The standard InChI is InChI=1S/C19H19NO4S/c1-12-5-6-15(13(2)8-12)20-10-14(9-18(20)22)19(23)24-11-16(21)17-4-3-7-25-17/h3-8,14H,9-11H2,1-2H3/t14-/m0/s1. The van der Waals surface area contributed by atoms with Gasteiger partial charge in [0.15, 0.2) is 6.61 Å². The number of thiophene rings is 1. The first-order chi connectivity index (χ1) is 12.0. The molecule has 0 saturated carbocycles. The van der Waals surface area contributed by atoms with E-state index >= 15 is 0 Å². The number of carbonyl (C=O) groups excluding carboxylic acids is 3. The van der Waals surface area contributed by atoms with E-state index in [4.69, 9.17) is 4.74 Å². The SMILES string of the molecule is Cc1ccc(N2C[C@@H](C(=O)OCC(=O)c3cccs3)CC2=O)c(C)c1. The molecule has 2 aromatic rings. The van der Waals surface area contributed by atoms with Gasteiger partial charge in [-0.05, 0) is 36.9 Å². The minimum absolute atomic E-state index is 0.0986. The Hall–Kier alpha value is -2.47. The van der Waals surface area contributed by atoms with Crippen molar-refractivity contribution in [3.8, 4) is 0 Å². The molecule has 130 valence electrons. The van der Waals surface area contributed by atoms with Gasteiger partial charge in [0.2, 0.25) is 11.7 Å². The highest BCUT2D eigenvalue weighted by Gasteiger charge is 2.36. The highest BCUT2D eigenvalue weighted by atomic mass is 32.1. The number of anilines is 1. The van der Waals surface area contributed by atoms with Gasteiger partial charge in [0, 0.05) is 18.7 Å². The van der Waals surface area contributed by atoms with E-state index in [2.05, 4.69) is 0 Å². The van der Waals surface area contributed by atoms with E-state index in [1.54, 1.807) is 22.4 Å². The van der Waals surface area contributed by atoms with Gasteiger partial charge >= 0.3 is 5.97 Å². The Morgan fingerprint density at radius 3 is 2.76 bits per heavy atom. The maximum atomic E-state index is 12.3. The van der Waals surface area contributed by atoms with Crippen LogP contribution in [0.2, 0.25) is 0 Å². The zero-order valence-corrected chi connectivity index (χ0v) is 15.0. The second-order valence-electron chi connectivity index (χ2n) is 6.20. The number of carbonyl (C=O) groups is 3. The van der Waals surface area contributed by atoms with Crippen LogP contribution in [0, 0.1) is 19.8 Å². The van der Waals surface area contributed by atoms with Gasteiger partial charge in [-0.15, -0.1) is 11.3 Å². The van der Waals surface area contributed by atoms with Crippen molar-refractivity contribution in [1.29, 1.82) is 0 Å². The number of ketones is 1. The molecule has 25 heavy (non-hydrogen) atoms. The molecule has 0 radical (unpaired) electrons. The lowest BCUT2D eigenvalue weighted by molar-refractivity contribution is -0.147. The van der Waals surface area contributed by atoms with Crippen LogP contribution in [0.1, 0.15) is 27.2 Å². The number of Topliss-reactive ketones (excluding diaryl/α,β-unsaturated/α-hetero) is 1. The molecule has 1 atom stereocenters. The van der Waals surface area contributed by atoms with Gasteiger partial charge in [-0.1, -0.05) is 23.8 Å². The van der Waals surface area contributed by atoms with Crippen molar-refractivity contribution >= 4 is 34.7 Å². The molecule has 1 amide bonds. The summed E-state index contributed by atoms with van der Waals surface area (Å²) >= 11 is 1.31. The van der Waals surface area contributed by atoms with Crippen molar-refractivity contribution in [3.63, 3.8) is 0 Å². The molecule has 0 aliphatic carbocycles. The van der Waals surface area contributed by atoms with E-state index in [0.29, 0.717) is 4.88 Å². The van der Waals surface area contributed by atoms with E-state index < -0.39 is 11.9 Å². The van der Waals surface area contributed by atoms with Gasteiger partial charge in [-0.25, -0.2) is 0 Å². The molecule has 0 bridgehead atoms. The summed E-state index contributed by atoms with van der Waals surface area (Å²) in [6, 6.07) is 9.32. The van der Waals surface area contributed by atoms with Crippen molar-refractivity contribution in [2.24, 2.45) is 5.92 Å². The number of aryl methyl sites for hydroxylation is 2. The molecule has 1 fully saturated rings. The van der Waals surface area contributed by atoms with Crippen LogP contribution in [-0.4, -0.2) is 30.8 Å². The lowest BCUT2D eigenvalue weighted by atomic mass is 10.1. The predicted molar refractivity (Wildman–Crippen MR) is 96.0 cm³/mol. The Morgan fingerprint density at radius 1 is 1.28 bits per heavy atom. The summed E-state index contributed by atoms with van der Waals surface area (Å²) in [6.07, 6.45) is 0.110. The van der Waals surface area contributed by atoms with Gasteiger partial charge in [0.25, 0.3) is 0 Å². The molecule has 1 aromatic heterocycles. The molecule has 1 aromatic carbocycles. The van der Waals surface area contributed by atoms with E-state index in [1.165, 1.54) is 11.3 Å². The van der Waals surface area contributed by atoms with Crippen LogP contribution in [0.15, 0.2) is 35.7 Å². The monoisotopic (exact) mass is 357 g/mol. The normalized spacial score (nSPS) is 17.0. The van der Waals surface area contributed by atoms with E-state index in [9.17, 15) is 14.4 Å². The molecule has 1 saturated heterocycles. The summed E-state index contributed by atoms with van der Waals surface area (Å²) in [6.45, 7) is 3.94. The molecule has 0 spiro atoms. The maximum Gasteiger partial charge on any atom is 0.311 e. The Balaban J connectivity index is 1.61. The van der Waals surface area contributed by atoms with Crippen molar-refractivity contribution in [1.82, 2.24) is 0 Å². The summed E-state index contributed by atoms with van der Waals surface area (Å²) in [5.74, 6) is -1.35. The van der Waals surface area contributed by atoms with Crippen LogP contribution in [0.5, 0.6) is 0 Å². The second-order valence-corrected chi connectivity index (χ2v) is 7.15. The highest BCUT2D eigenvalue weighted by Crippen LogP contribution is 2.29. The van der Waals surface area contributed by atoms with E-state index in [-0.39, 0.29) is 31.3 Å². The number of nitrogens with zero attached hydrogens (tertiary/aromatic N) is 1. The Bertz CT molecular complexity index is 813. The summed E-state index contributed by atoms with van der Waals surface area (Å²) in [5.41, 5.74) is 2.94. The minimum atomic E-state index is -0.538. The lowest BCUT2D eigenvalue weighted by Gasteiger charge is -2.19. The lowest BCUT2D eigenvalue weighted by Crippen LogP contribution is -2.27. The zero-order chi connectivity index (χ0) is 18.0. The molecule has 3 rings (SSSR count). The fourth-order valence-corrected chi connectivity index (χ4v) is 3.62. The summed E-state index contributed by atoms with van der Waals surface area (Å²) < 4.78 is 5.13. The van der Waals surface area contributed by atoms with Crippen molar-refractivity contribution in [2.45, 2.75) is 20.3 Å². The molecule has 6 heteroatoms. The van der Waals surface area contributed by atoms with Crippen molar-refractivity contribution < 1.29 is 19.1 Å². The average Bonchev–Trinajstić information content (AvgIpc) is 3.22. The van der Waals surface area contributed by atoms with Crippen LogP contribution in [-0.2, 0) is 14.3 Å². The maximum absolute atomic E-state index is 12.3. The third-order valence-corrected chi connectivity index (χ3v) is 5.15. The molecule has 0 N–H and O–H groups in total. The first-order valence-corrected chi connectivity index (χ1v) is 8.94. The van der Waals surface area contributed by atoms with Crippen LogP contribution < -0.4 is 4.90 Å². The number of hydrogen-bond acceptors (Lipinski definition) is 5. The number of ether oxygens (including phenoxy) is 1. The average molecular weight is 357 g/mol. The smallest absolute Gasteiger partial charge is 0.311 e. The van der Waals surface area contributed by atoms with Crippen LogP contribution >= 0.6 is 11.3 Å². The summed E-state index contributed by atoms with van der Waals surface area (Å²) in [5, 5.41) is 1.80. The Morgan fingerprint density at radius 2 is 2.08 bits per heavy atom. The molecule has 1 aliphatic heterocycles. The third kappa shape index (κ3) is 3.79. The first-order valence-electron chi connectivity index (χ1n) is 8.06. The third-order valence-electron chi connectivity index (χ3n) is 4.24. The number of hydrogen-bond donors (Lipinski definition) is 0. The molecule has 0 unspecified atom stereocenters. The van der Waals surface area contributed by atoms with Crippen LogP contribution in [0.4, 0.5) is 5.69 Å². The number of esters is 1. The van der Waals surface area contributed by atoms with E-state index in [0.717, 1.165) is 16.8 Å². The van der Waals surface area contributed by atoms with Crippen LogP contribution in [0.3, 0.4) is 0 Å². The van der Waals surface area contributed by atoms with Gasteiger partial charge in [0.1, 0.15) is 0 Å². The van der Waals surface area contributed by atoms with Gasteiger partial charge in [-0.2, -0.15) is 0 Å². The molecule has 1 aliphatic rings. The quantitative estimate of drug-likeness (QED) is 0.609. The van der Waals surface area contributed by atoms with Gasteiger partial charge in [-0.3, -0.25) is 14.4 Å². The van der Waals surface area contributed by atoms with Crippen molar-refractivity contribution in [2.75, 3.05) is 18.1 Å². The molecular formula is C19H19NO4S.